The molecule has 1 aliphatic heterocycles. The van der Waals surface area contributed by atoms with Crippen molar-refractivity contribution in [2.24, 2.45) is 5.92 Å². The molecule has 1 saturated heterocycles. The third kappa shape index (κ3) is 3.19. The van der Waals surface area contributed by atoms with Gasteiger partial charge in [0, 0.05) is 45.3 Å². The second-order valence-electron chi connectivity index (χ2n) is 5.86. The molecule has 0 aromatic carbocycles. The maximum atomic E-state index is 2.61. The van der Waals surface area contributed by atoms with E-state index in [4.69, 9.17) is 0 Å². The summed E-state index contributed by atoms with van der Waals surface area (Å²) in [5.74, 6) is 0.969. The van der Waals surface area contributed by atoms with Crippen molar-refractivity contribution < 1.29 is 0 Å². The molecule has 0 aromatic rings. The molecule has 2 aliphatic rings. The van der Waals surface area contributed by atoms with Crippen LogP contribution in [0.15, 0.2) is 0 Å². The smallest absolute Gasteiger partial charge is 0.0110 e. The van der Waals surface area contributed by atoms with Gasteiger partial charge < -0.3 is 9.80 Å². The van der Waals surface area contributed by atoms with Gasteiger partial charge >= 0.3 is 0 Å². The molecule has 0 radical (unpaired) electrons. The topological polar surface area (TPSA) is 9.72 Å². The summed E-state index contributed by atoms with van der Waals surface area (Å²) in [7, 11) is 4.52. The van der Waals surface area contributed by atoms with Crippen LogP contribution in [0.4, 0.5) is 0 Å². The molecule has 3 nitrogen and oxygen atoms in total. The standard InChI is InChI=1S/C13H27N3/c1-12-10-13(11-12)15(3)6-9-16-7-4-14(2)5-8-16/h12-13H,4-11H2,1-3H3/t12-,13+. The molecule has 1 heterocycles. The lowest BCUT2D eigenvalue weighted by atomic mass is 9.81. The van der Waals surface area contributed by atoms with Gasteiger partial charge in [-0.25, -0.2) is 0 Å². The van der Waals surface area contributed by atoms with Crippen LogP contribution in [0.3, 0.4) is 0 Å². The van der Waals surface area contributed by atoms with Crippen molar-refractivity contribution in [3.63, 3.8) is 0 Å². The molecule has 0 bridgehead atoms. The van der Waals surface area contributed by atoms with Gasteiger partial charge in [-0.2, -0.15) is 0 Å². The Kier molecular flexibility index (Phi) is 4.22. The van der Waals surface area contributed by atoms with E-state index in [1.807, 2.05) is 0 Å². The first kappa shape index (κ1) is 12.3. The predicted octanol–water partition coefficient (Wildman–Crippen LogP) is 0.964. The summed E-state index contributed by atoms with van der Waals surface area (Å²) in [6.07, 6.45) is 2.83. The Balaban J connectivity index is 1.60. The first-order chi connectivity index (χ1) is 7.65. The SMILES string of the molecule is CN1CCN(CCN(C)[C@H]2C[C@@H](C)C2)CC1. The van der Waals surface area contributed by atoms with E-state index in [-0.39, 0.29) is 0 Å². The van der Waals surface area contributed by atoms with Crippen molar-refractivity contribution in [1.82, 2.24) is 14.7 Å². The number of hydrogen-bond donors (Lipinski definition) is 0. The lowest BCUT2D eigenvalue weighted by molar-refractivity contribution is 0.0856. The molecule has 16 heavy (non-hydrogen) atoms. The van der Waals surface area contributed by atoms with Gasteiger partial charge in [-0.3, -0.25) is 4.90 Å². The van der Waals surface area contributed by atoms with Crippen molar-refractivity contribution in [3.8, 4) is 0 Å². The number of piperazine rings is 1. The molecule has 2 fully saturated rings. The molecular formula is C13H27N3. The summed E-state index contributed by atoms with van der Waals surface area (Å²) < 4.78 is 0. The van der Waals surface area contributed by atoms with Crippen LogP contribution in [-0.2, 0) is 0 Å². The van der Waals surface area contributed by atoms with Gasteiger partial charge in [-0.15, -0.1) is 0 Å². The molecule has 1 saturated carbocycles. The molecule has 3 heteroatoms. The van der Waals surface area contributed by atoms with Gasteiger partial charge in [0.2, 0.25) is 0 Å². The van der Waals surface area contributed by atoms with E-state index in [0.717, 1.165) is 12.0 Å². The lowest BCUT2D eigenvalue weighted by Gasteiger charge is -2.41. The number of hydrogen-bond acceptors (Lipinski definition) is 3. The summed E-state index contributed by atoms with van der Waals surface area (Å²) in [5.41, 5.74) is 0. The fraction of sp³-hybridized carbons (Fsp3) is 1.00. The molecule has 2 rings (SSSR count). The van der Waals surface area contributed by atoms with Gasteiger partial charge in [0.25, 0.3) is 0 Å². The maximum absolute atomic E-state index is 2.61. The largest absolute Gasteiger partial charge is 0.304 e. The normalized spacial score (nSPS) is 33.0. The summed E-state index contributed by atoms with van der Waals surface area (Å²) in [6.45, 7) is 9.87. The highest BCUT2D eigenvalue weighted by molar-refractivity contribution is 4.83. The fourth-order valence-corrected chi connectivity index (χ4v) is 2.77. The molecular weight excluding hydrogens is 198 g/mol. The van der Waals surface area contributed by atoms with E-state index in [1.165, 1.54) is 52.1 Å². The summed E-state index contributed by atoms with van der Waals surface area (Å²) >= 11 is 0. The van der Waals surface area contributed by atoms with Gasteiger partial charge in [-0.1, -0.05) is 6.92 Å². The summed E-state index contributed by atoms with van der Waals surface area (Å²) in [4.78, 5) is 7.60. The van der Waals surface area contributed by atoms with Crippen LogP contribution in [0.1, 0.15) is 19.8 Å². The molecule has 0 atom stereocenters. The molecule has 0 unspecified atom stereocenters. The zero-order chi connectivity index (χ0) is 11.5. The highest BCUT2D eigenvalue weighted by Gasteiger charge is 2.28. The fourth-order valence-electron chi connectivity index (χ4n) is 2.77. The van der Waals surface area contributed by atoms with Crippen molar-refractivity contribution in [3.05, 3.63) is 0 Å². The molecule has 0 N–H and O–H groups in total. The van der Waals surface area contributed by atoms with Crippen molar-refractivity contribution in [1.29, 1.82) is 0 Å². The molecule has 1 aliphatic carbocycles. The monoisotopic (exact) mass is 225 g/mol. The van der Waals surface area contributed by atoms with Crippen LogP contribution in [0.25, 0.3) is 0 Å². The number of likely N-dealkylation sites (N-methyl/N-ethyl adjacent to an activating group) is 2. The molecule has 0 aromatic heterocycles. The molecule has 0 amide bonds. The van der Waals surface area contributed by atoms with E-state index < -0.39 is 0 Å². The van der Waals surface area contributed by atoms with Crippen LogP contribution in [0, 0.1) is 5.92 Å². The van der Waals surface area contributed by atoms with Crippen LogP contribution in [0.2, 0.25) is 0 Å². The quantitative estimate of drug-likeness (QED) is 0.706. The molecule has 94 valence electrons. The Bertz CT molecular complexity index is 203. The van der Waals surface area contributed by atoms with Gasteiger partial charge in [0.05, 0.1) is 0 Å². The van der Waals surface area contributed by atoms with E-state index >= 15 is 0 Å². The number of rotatable bonds is 4. The third-order valence-corrected chi connectivity index (χ3v) is 4.34. The predicted molar refractivity (Wildman–Crippen MR) is 68.8 cm³/mol. The van der Waals surface area contributed by atoms with E-state index in [0.29, 0.717) is 0 Å². The Morgan fingerprint density at radius 1 is 1.12 bits per heavy atom. The van der Waals surface area contributed by atoms with Gasteiger partial charge in [0.1, 0.15) is 0 Å². The third-order valence-electron chi connectivity index (χ3n) is 4.34. The lowest BCUT2D eigenvalue weighted by Crippen LogP contribution is -2.49. The average Bonchev–Trinajstić information content (AvgIpc) is 2.24. The average molecular weight is 225 g/mol. The zero-order valence-electron chi connectivity index (χ0n) is 11.2. The minimum Gasteiger partial charge on any atom is -0.304 e. The second kappa shape index (κ2) is 5.48. The van der Waals surface area contributed by atoms with Gasteiger partial charge in [0.15, 0.2) is 0 Å². The van der Waals surface area contributed by atoms with Crippen molar-refractivity contribution in [2.45, 2.75) is 25.8 Å². The highest BCUT2D eigenvalue weighted by atomic mass is 15.3. The van der Waals surface area contributed by atoms with Crippen LogP contribution >= 0.6 is 0 Å². The first-order valence-corrected chi connectivity index (χ1v) is 6.76. The van der Waals surface area contributed by atoms with E-state index in [9.17, 15) is 0 Å². The Hall–Kier alpha value is -0.120. The summed E-state index contributed by atoms with van der Waals surface area (Å²) in [6, 6.07) is 0.877. The molecule has 0 spiro atoms. The minimum absolute atomic E-state index is 0.877. The van der Waals surface area contributed by atoms with Crippen molar-refractivity contribution in [2.75, 3.05) is 53.4 Å². The van der Waals surface area contributed by atoms with Crippen LogP contribution in [0.5, 0.6) is 0 Å². The van der Waals surface area contributed by atoms with E-state index in [2.05, 4.69) is 35.7 Å². The zero-order valence-corrected chi connectivity index (χ0v) is 11.2. The Morgan fingerprint density at radius 3 is 2.31 bits per heavy atom. The van der Waals surface area contributed by atoms with Crippen molar-refractivity contribution >= 4 is 0 Å². The van der Waals surface area contributed by atoms with E-state index in [1.54, 1.807) is 0 Å². The summed E-state index contributed by atoms with van der Waals surface area (Å²) in [5, 5.41) is 0. The number of nitrogens with zero attached hydrogens (tertiary/aromatic N) is 3. The minimum atomic E-state index is 0.877. The first-order valence-electron chi connectivity index (χ1n) is 6.76. The van der Waals surface area contributed by atoms with Crippen LogP contribution in [-0.4, -0.2) is 74.1 Å². The highest BCUT2D eigenvalue weighted by Crippen LogP contribution is 2.29. The van der Waals surface area contributed by atoms with Crippen LogP contribution < -0.4 is 0 Å². The maximum Gasteiger partial charge on any atom is 0.0110 e. The van der Waals surface area contributed by atoms with Gasteiger partial charge in [-0.05, 0) is 32.9 Å². The Morgan fingerprint density at radius 2 is 1.75 bits per heavy atom. The Labute approximate surface area is 100 Å². The second-order valence-corrected chi connectivity index (χ2v) is 5.86.